The Bertz CT molecular complexity index is 323. The van der Waals surface area contributed by atoms with E-state index in [-0.39, 0.29) is 12.2 Å². The van der Waals surface area contributed by atoms with Crippen LogP contribution >= 0.6 is 0 Å². The third-order valence-corrected chi connectivity index (χ3v) is 5.26. The van der Waals surface area contributed by atoms with Gasteiger partial charge in [-0.25, -0.2) is 0 Å². The van der Waals surface area contributed by atoms with Gasteiger partial charge in [-0.3, -0.25) is 10.1 Å². The molecule has 1 aliphatic carbocycles. The summed E-state index contributed by atoms with van der Waals surface area (Å²) in [6, 6.07) is 0.0344. The molecular weight excluding hydrogens is 236 g/mol. The molecule has 2 rings (SSSR count). The Morgan fingerprint density at radius 3 is 2.58 bits per heavy atom. The highest BCUT2D eigenvalue weighted by Crippen LogP contribution is 2.37. The molecule has 0 aromatic rings. The maximum atomic E-state index is 12.6. The van der Waals surface area contributed by atoms with Crippen LogP contribution in [0.3, 0.4) is 0 Å². The lowest BCUT2D eigenvalue weighted by Crippen LogP contribution is -2.43. The highest BCUT2D eigenvalue weighted by Gasteiger charge is 2.42. The van der Waals surface area contributed by atoms with Gasteiger partial charge in [0.1, 0.15) is 0 Å². The molecule has 3 atom stereocenters. The zero-order chi connectivity index (χ0) is 14.0. The number of hydrogen-bond acceptors (Lipinski definition) is 2. The van der Waals surface area contributed by atoms with E-state index < -0.39 is 0 Å². The van der Waals surface area contributed by atoms with Crippen molar-refractivity contribution in [2.24, 2.45) is 11.3 Å². The van der Waals surface area contributed by atoms with Gasteiger partial charge >= 0.3 is 0 Å². The van der Waals surface area contributed by atoms with E-state index in [1.165, 1.54) is 32.1 Å². The standard InChI is InChI=1S/C16H30N2O/c1-5-12(2)14-15(19)18(13(3)17-14)11-16(4)9-7-6-8-10-16/h12-14,17H,5-11H2,1-4H3. The molecule has 3 unspecified atom stereocenters. The van der Waals surface area contributed by atoms with Crippen LogP contribution in [-0.4, -0.2) is 29.6 Å². The van der Waals surface area contributed by atoms with Crippen LogP contribution in [-0.2, 0) is 4.79 Å². The molecule has 0 radical (unpaired) electrons. The molecule has 0 aromatic heterocycles. The van der Waals surface area contributed by atoms with Crippen LogP contribution in [0.15, 0.2) is 0 Å². The molecule has 3 nitrogen and oxygen atoms in total. The van der Waals surface area contributed by atoms with E-state index in [2.05, 4.69) is 37.9 Å². The van der Waals surface area contributed by atoms with E-state index in [4.69, 9.17) is 0 Å². The van der Waals surface area contributed by atoms with Crippen LogP contribution < -0.4 is 5.32 Å². The Labute approximate surface area is 118 Å². The number of nitrogens with zero attached hydrogens (tertiary/aromatic N) is 1. The maximum Gasteiger partial charge on any atom is 0.241 e. The van der Waals surface area contributed by atoms with Crippen molar-refractivity contribution >= 4 is 5.91 Å². The van der Waals surface area contributed by atoms with E-state index in [0.29, 0.717) is 17.2 Å². The first-order valence-electron chi connectivity index (χ1n) is 8.03. The fraction of sp³-hybridized carbons (Fsp3) is 0.938. The molecule has 1 amide bonds. The lowest BCUT2D eigenvalue weighted by molar-refractivity contribution is -0.132. The van der Waals surface area contributed by atoms with Crippen molar-refractivity contribution in [1.29, 1.82) is 0 Å². The van der Waals surface area contributed by atoms with Crippen molar-refractivity contribution in [3.8, 4) is 0 Å². The quantitative estimate of drug-likeness (QED) is 0.848. The van der Waals surface area contributed by atoms with Crippen LogP contribution in [0.2, 0.25) is 0 Å². The first-order chi connectivity index (χ1) is 8.97. The Morgan fingerprint density at radius 1 is 1.37 bits per heavy atom. The van der Waals surface area contributed by atoms with E-state index in [1.807, 2.05) is 0 Å². The van der Waals surface area contributed by atoms with Crippen LogP contribution in [0.25, 0.3) is 0 Å². The van der Waals surface area contributed by atoms with Crippen molar-refractivity contribution in [2.45, 2.75) is 78.4 Å². The summed E-state index contributed by atoms with van der Waals surface area (Å²) in [5.74, 6) is 0.757. The first-order valence-corrected chi connectivity index (χ1v) is 8.03. The molecule has 0 bridgehead atoms. The Balaban J connectivity index is 2.02. The van der Waals surface area contributed by atoms with Gasteiger partial charge in [-0.1, -0.05) is 46.5 Å². The summed E-state index contributed by atoms with van der Waals surface area (Å²) in [6.45, 7) is 9.77. The zero-order valence-electron chi connectivity index (χ0n) is 13.0. The van der Waals surface area contributed by atoms with Gasteiger partial charge in [0.2, 0.25) is 5.91 Å². The predicted octanol–water partition coefficient (Wildman–Crippen LogP) is 3.15. The van der Waals surface area contributed by atoms with Gasteiger partial charge in [0.25, 0.3) is 0 Å². The number of amides is 1. The van der Waals surface area contributed by atoms with E-state index >= 15 is 0 Å². The molecule has 1 aliphatic heterocycles. The summed E-state index contributed by atoms with van der Waals surface area (Å²) in [5, 5.41) is 3.49. The molecule has 0 aromatic carbocycles. The second-order valence-electron chi connectivity index (χ2n) is 7.04. The van der Waals surface area contributed by atoms with Gasteiger partial charge in [0.15, 0.2) is 0 Å². The third-order valence-electron chi connectivity index (χ3n) is 5.26. The molecule has 1 saturated carbocycles. The summed E-state index contributed by atoms with van der Waals surface area (Å²) >= 11 is 0. The van der Waals surface area contributed by atoms with E-state index in [1.54, 1.807) is 0 Å². The minimum absolute atomic E-state index is 0.0344. The number of nitrogens with one attached hydrogen (secondary N) is 1. The second-order valence-corrected chi connectivity index (χ2v) is 7.04. The first kappa shape index (κ1) is 14.8. The van der Waals surface area contributed by atoms with Gasteiger partial charge < -0.3 is 4.90 Å². The van der Waals surface area contributed by atoms with Crippen molar-refractivity contribution in [3.05, 3.63) is 0 Å². The molecule has 2 aliphatic rings. The summed E-state index contributed by atoms with van der Waals surface area (Å²) in [7, 11) is 0. The molecule has 2 fully saturated rings. The van der Waals surface area contributed by atoms with Crippen LogP contribution in [0.5, 0.6) is 0 Å². The van der Waals surface area contributed by atoms with Crippen molar-refractivity contribution in [2.75, 3.05) is 6.54 Å². The number of hydrogen-bond donors (Lipinski definition) is 1. The van der Waals surface area contributed by atoms with Crippen LogP contribution in [0.1, 0.15) is 66.2 Å². The van der Waals surface area contributed by atoms with Gasteiger partial charge in [-0.15, -0.1) is 0 Å². The Hall–Kier alpha value is -0.570. The van der Waals surface area contributed by atoms with Gasteiger partial charge in [0, 0.05) is 6.54 Å². The van der Waals surface area contributed by atoms with Crippen molar-refractivity contribution in [3.63, 3.8) is 0 Å². The van der Waals surface area contributed by atoms with Crippen molar-refractivity contribution < 1.29 is 4.79 Å². The molecule has 1 heterocycles. The fourth-order valence-corrected chi connectivity index (χ4v) is 3.62. The van der Waals surface area contributed by atoms with Gasteiger partial charge in [-0.2, -0.15) is 0 Å². The SMILES string of the molecule is CCC(C)C1NC(C)N(CC2(C)CCCCC2)C1=O. The minimum atomic E-state index is 0.0344. The topological polar surface area (TPSA) is 32.3 Å². The van der Waals surface area contributed by atoms with Crippen LogP contribution in [0, 0.1) is 11.3 Å². The predicted molar refractivity (Wildman–Crippen MR) is 78.7 cm³/mol. The Kier molecular flexibility index (Phi) is 4.54. The number of carbonyl (C=O) groups is 1. The average molecular weight is 266 g/mol. The molecule has 0 spiro atoms. The summed E-state index contributed by atoms with van der Waals surface area (Å²) in [6.07, 6.45) is 7.83. The highest BCUT2D eigenvalue weighted by molar-refractivity contribution is 5.84. The molecule has 3 heteroatoms. The number of rotatable bonds is 4. The molecule has 19 heavy (non-hydrogen) atoms. The third kappa shape index (κ3) is 3.13. The Morgan fingerprint density at radius 2 is 2.00 bits per heavy atom. The molecule has 1 N–H and O–H groups in total. The second kappa shape index (κ2) is 5.82. The lowest BCUT2D eigenvalue weighted by atomic mass is 9.75. The van der Waals surface area contributed by atoms with Gasteiger partial charge in [-0.05, 0) is 31.1 Å². The molecule has 1 saturated heterocycles. The highest BCUT2D eigenvalue weighted by atomic mass is 16.2. The minimum Gasteiger partial charge on any atom is -0.326 e. The van der Waals surface area contributed by atoms with Crippen molar-refractivity contribution in [1.82, 2.24) is 10.2 Å². The average Bonchev–Trinajstić information content (AvgIpc) is 2.66. The zero-order valence-corrected chi connectivity index (χ0v) is 13.0. The largest absolute Gasteiger partial charge is 0.326 e. The summed E-state index contributed by atoms with van der Waals surface area (Å²) < 4.78 is 0. The summed E-state index contributed by atoms with van der Waals surface area (Å²) in [5.41, 5.74) is 0.341. The molecule has 110 valence electrons. The monoisotopic (exact) mass is 266 g/mol. The normalized spacial score (nSPS) is 32.6. The fourth-order valence-electron chi connectivity index (χ4n) is 3.62. The summed E-state index contributed by atoms with van der Waals surface area (Å²) in [4.78, 5) is 14.7. The maximum absolute atomic E-state index is 12.6. The molecular formula is C16H30N2O. The smallest absolute Gasteiger partial charge is 0.241 e. The lowest BCUT2D eigenvalue weighted by Gasteiger charge is -2.38. The van der Waals surface area contributed by atoms with Crippen LogP contribution in [0.4, 0.5) is 0 Å². The van der Waals surface area contributed by atoms with E-state index in [0.717, 1.165) is 13.0 Å². The van der Waals surface area contributed by atoms with E-state index in [9.17, 15) is 4.79 Å². The number of carbonyl (C=O) groups excluding carboxylic acids is 1. The van der Waals surface area contributed by atoms with Gasteiger partial charge in [0.05, 0.1) is 12.2 Å².